The van der Waals surface area contributed by atoms with Crippen LogP contribution in [-0.4, -0.2) is 22.4 Å². The van der Waals surface area contributed by atoms with Crippen LogP contribution < -0.4 is 10.2 Å². The van der Waals surface area contributed by atoms with E-state index in [1.54, 1.807) is 0 Å². The molecule has 0 aliphatic carbocycles. The summed E-state index contributed by atoms with van der Waals surface area (Å²) in [7, 11) is 0. The van der Waals surface area contributed by atoms with Crippen molar-refractivity contribution in [1.29, 1.82) is 0 Å². The molecular weight excluding hydrogens is 369 g/mol. The van der Waals surface area contributed by atoms with Crippen LogP contribution >= 0.6 is 0 Å². The molecule has 5 nitrogen and oxygen atoms in total. The zero-order valence-corrected chi connectivity index (χ0v) is 14.9. The molecule has 1 N–H and O–H groups in total. The minimum Gasteiger partial charge on any atom is -0.327 e. The van der Waals surface area contributed by atoms with E-state index in [1.165, 1.54) is 24.5 Å². The van der Waals surface area contributed by atoms with Crippen LogP contribution in [0, 0.1) is 0 Å². The maximum Gasteiger partial charge on any atom is 0.416 e. The zero-order valence-electron chi connectivity index (χ0n) is 14.9. The molecule has 0 saturated heterocycles. The van der Waals surface area contributed by atoms with Gasteiger partial charge in [0, 0.05) is 24.0 Å². The van der Waals surface area contributed by atoms with E-state index in [2.05, 4.69) is 15.3 Å². The third-order valence-corrected chi connectivity index (χ3v) is 3.99. The number of nitrogens with zero attached hydrogens (tertiary/aromatic N) is 3. The fourth-order valence-electron chi connectivity index (χ4n) is 2.67. The number of nitrogens with one attached hydrogen (secondary N) is 1. The Bertz CT molecular complexity index is 961. The van der Waals surface area contributed by atoms with Gasteiger partial charge >= 0.3 is 6.18 Å². The minimum atomic E-state index is -4.49. The van der Waals surface area contributed by atoms with Gasteiger partial charge in [0.25, 0.3) is 5.91 Å². The molecule has 144 valence electrons. The highest BCUT2D eigenvalue weighted by Gasteiger charge is 2.30. The molecule has 0 atom stereocenters. The standard InChI is InChI=1S/C20H17F3N4O/c1-2-27(16-9-4-3-5-10-16)18-12-17(24-13-25-18)19(28)26-15-8-6-7-14(11-15)20(21,22)23/h3-13H,2H2,1H3,(H,26,28). The number of benzene rings is 2. The molecule has 1 heterocycles. The van der Waals surface area contributed by atoms with E-state index in [4.69, 9.17) is 0 Å². The van der Waals surface area contributed by atoms with Gasteiger partial charge in [-0.15, -0.1) is 0 Å². The van der Waals surface area contributed by atoms with Crippen molar-refractivity contribution in [3.05, 3.63) is 78.2 Å². The molecule has 0 saturated carbocycles. The monoisotopic (exact) mass is 386 g/mol. The predicted molar refractivity (Wildman–Crippen MR) is 101 cm³/mol. The second-order valence-electron chi connectivity index (χ2n) is 5.87. The summed E-state index contributed by atoms with van der Waals surface area (Å²) in [5, 5.41) is 2.45. The first-order valence-electron chi connectivity index (χ1n) is 8.51. The van der Waals surface area contributed by atoms with E-state index in [0.717, 1.165) is 17.8 Å². The fourth-order valence-corrected chi connectivity index (χ4v) is 2.67. The molecule has 0 aliphatic heterocycles. The molecule has 0 aliphatic rings. The van der Waals surface area contributed by atoms with Crippen LogP contribution in [0.5, 0.6) is 0 Å². The van der Waals surface area contributed by atoms with Crippen LogP contribution in [0.25, 0.3) is 0 Å². The molecule has 0 radical (unpaired) electrons. The lowest BCUT2D eigenvalue weighted by molar-refractivity contribution is -0.137. The summed E-state index contributed by atoms with van der Waals surface area (Å²) in [6, 6.07) is 15.4. The Labute approximate surface area is 159 Å². The fraction of sp³-hybridized carbons (Fsp3) is 0.150. The number of carbonyl (C=O) groups is 1. The van der Waals surface area contributed by atoms with Crippen LogP contribution in [0.2, 0.25) is 0 Å². The lowest BCUT2D eigenvalue weighted by Crippen LogP contribution is -2.20. The average Bonchev–Trinajstić information content (AvgIpc) is 2.69. The van der Waals surface area contributed by atoms with Crippen LogP contribution in [0.15, 0.2) is 67.0 Å². The normalized spacial score (nSPS) is 11.1. The number of para-hydroxylation sites is 1. The van der Waals surface area contributed by atoms with Crippen molar-refractivity contribution in [2.45, 2.75) is 13.1 Å². The molecule has 2 aromatic carbocycles. The number of hydrogen-bond donors (Lipinski definition) is 1. The Morgan fingerprint density at radius 2 is 1.79 bits per heavy atom. The Kier molecular flexibility index (Phi) is 5.58. The summed E-state index contributed by atoms with van der Waals surface area (Å²) in [6.45, 7) is 2.55. The van der Waals surface area contributed by atoms with Crippen molar-refractivity contribution < 1.29 is 18.0 Å². The molecule has 28 heavy (non-hydrogen) atoms. The number of rotatable bonds is 5. The summed E-state index contributed by atoms with van der Waals surface area (Å²) in [5.74, 6) is -0.106. The van der Waals surface area contributed by atoms with Crippen molar-refractivity contribution in [3.63, 3.8) is 0 Å². The lowest BCUT2D eigenvalue weighted by atomic mass is 10.2. The SMILES string of the molecule is CCN(c1ccccc1)c1cc(C(=O)Nc2cccc(C(F)(F)F)c2)ncn1. The van der Waals surface area contributed by atoms with Crippen LogP contribution in [0.1, 0.15) is 23.0 Å². The molecule has 0 fully saturated rings. The Morgan fingerprint density at radius 3 is 2.46 bits per heavy atom. The predicted octanol–water partition coefficient (Wildman–Crippen LogP) is 4.91. The largest absolute Gasteiger partial charge is 0.416 e. The molecular formula is C20H17F3N4O. The van der Waals surface area contributed by atoms with Crippen LogP contribution in [0.4, 0.5) is 30.4 Å². The van der Waals surface area contributed by atoms with Crippen molar-refractivity contribution in [2.24, 2.45) is 0 Å². The number of anilines is 3. The van der Waals surface area contributed by atoms with Gasteiger partial charge in [-0.25, -0.2) is 9.97 Å². The van der Waals surface area contributed by atoms with Crippen molar-refractivity contribution in [3.8, 4) is 0 Å². The molecule has 3 rings (SSSR count). The summed E-state index contributed by atoms with van der Waals surface area (Å²) >= 11 is 0. The maximum atomic E-state index is 12.8. The second kappa shape index (κ2) is 8.08. The summed E-state index contributed by atoms with van der Waals surface area (Å²) < 4.78 is 38.5. The van der Waals surface area contributed by atoms with Gasteiger partial charge in [-0.2, -0.15) is 13.2 Å². The summed E-state index contributed by atoms with van der Waals surface area (Å²) in [4.78, 5) is 22.5. The highest BCUT2D eigenvalue weighted by atomic mass is 19.4. The number of alkyl halides is 3. The van der Waals surface area contributed by atoms with Gasteiger partial charge < -0.3 is 10.2 Å². The number of carbonyl (C=O) groups excluding carboxylic acids is 1. The Hall–Kier alpha value is -3.42. The summed E-state index contributed by atoms with van der Waals surface area (Å²) in [6.07, 6.45) is -3.23. The molecule has 8 heteroatoms. The third-order valence-electron chi connectivity index (χ3n) is 3.99. The minimum absolute atomic E-state index is 0.0374. The molecule has 0 spiro atoms. The zero-order chi connectivity index (χ0) is 20.1. The lowest BCUT2D eigenvalue weighted by Gasteiger charge is -2.22. The van der Waals surface area contributed by atoms with Gasteiger partial charge in [-0.05, 0) is 37.3 Å². The third kappa shape index (κ3) is 4.46. The van der Waals surface area contributed by atoms with Gasteiger partial charge in [-0.1, -0.05) is 24.3 Å². The Morgan fingerprint density at radius 1 is 1.04 bits per heavy atom. The number of hydrogen-bond acceptors (Lipinski definition) is 4. The highest BCUT2D eigenvalue weighted by molar-refractivity contribution is 6.03. The van der Waals surface area contributed by atoms with Gasteiger partial charge in [0.15, 0.2) is 0 Å². The van der Waals surface area contributed by atoms with Gasteiger partial charge in [0.05, 0.1) is 5.56 Å². The smallest absolute Gasteiger partial charge is 0.327 e. The van der Waals surface area contributed by atoms with E-state index in [9.17, 15) is 18.0 Å². The van der Waals surface area contributed by atoms with Gasteiger partial charge in [-0.3, -0.25) is 4.79 Å². The number of amides is 1. The maximum absolute atomic E-state index is 12.8. The first-order valence-corrected chi connectivity index (χ1v) is 8.51. The summed E-state index contributed by atoms with van der Waals surface area (Å²) in [5.41, 5.74) is 0.148. The van der Waals surface area contributed by atoms with Crippen molar-refractivity contribution in [2.75, 3.05) is 16.8 Å². The first-order chi connectivity index (χ1) is 13.4. The quantitative estimate of drug-likeness (QED) is 0.677. The first kappa shape index (κ1) is 19.3. The van der Waals surface area contributed by atoms with Crippen molar-refractivity contribution in [1.82, 2.24) is 9.97 Å². The Balaban J connectivity index is 1.83. The van der Waals surface area contributed by atoms with E-state index in [1.807, 2.05) is 42.2 Å². The van der Waals surface area contributed by atoms with E-state index >= 15 is 0 Å². The number of halogens is 3. The number of aromatic nitrogens is 2. The van der Waals surface area contributed by atoms with Crippen molar-refractivity contribution >= 4 is 23.1 Å². The highest BCUT2D eigenvalue weighted by Crippen LogP contribution is 2.30. The van der Waals surface area contributed by atoms with E-state index < -0.39 is 17.6 Å². The molecule has 1 aromatic heterocycles. The van der Waals surface area contributed by atoms with Crippen LogP contribution in [-0.2, 0) is 6.18 Å². The molecule has 3 aromatic rings. The van der Waals surface area contributed by atoms with Crippen LogP contribution in [0.3, 0.4) is 0 Å². The van der Waals surface area contributed by atoms with E-state index in [0.29, 0.717) is 12.4 Å². The van der Waals surface area contributed by atoms with E-state index in [-0.39, 0.29) is 11.4 Å². The average molecular weight is 386 g/mol. The topological polar surface area (TPSA) is 58.1 Å². The van der Waals surface area contributed by atoms with Gasteiger partial charge in [0.1, 0.15) is 17.8 Å². The second-order valence-corrected chi connectivity index (χ2v) is 5.87. The van der Waals surface area contributed by atoms with Gasteiger partial charge in [0.2, 0.25) is 0 Å². The molecule has 0 bridgehead atoms. The molecule has 0 unspecified atom stereocenters. The molecule has 1 amide bonds.